The van der Waals surface area contributed by atoms with Crippen molar-refractivity contribution in [1.29, 1.82) is 0 Å². The fourth-order valence-electron chi connectivity index (χ4n) is 0.783. The number of carbonyl (C=O) groups excluding carboxylic acids is 1. The first kappa shape index (κ1) is 10.0. The third kappa shape index (κ3) is 2.00. The highest BCUT2D eigenvalue weighted by Gasteiger charge is 2.12. The average molecular weight is 252 g/mol. The van der Waals surface area contributed by atoms with Crippen LogP contribution >= 0.6 is 15.9 Å². The quantitative estimate of drug-likeness (QED) is 0.817. The summed E-state index contributed by atoms with van der Waals surface area (Å²) >= 11 is 2.80. The number of pyridine rings is 1. The Morgan fingerprint density at radius 1 is 1.54 bits per heavy atom. The van der Waals surface area contributed by atoms with Gasteiger partial charge in [-0.1, -0.05) is 0 Å². The first-order valence-corrected chi connectivity index (χ1v) is 4.01. The molecule has 0 aliphatic carbocycles. The van der Waals surface area contributed by atoms with Crippen molar-refractivity contribution in [3.63, 3.8) is 0 Å². The molecule has 0 atom stereocenters. The molecule has 0 bridgehead atoms. The standard InChI is InChI=1S/C7H4BrF2NO2/c8-6-4(2-12)11-3(7(9)10)1-5(6)13/h1-2,7H,(H,11,13). The van der Waals surface area contributed by atoms with Crippen molar-refractivity contribution in [2.45, 2.75) is 6.43 Å². The van der Waals surface area contributed by atoms with Gasteiger partial charge < -0.3 is 4.98 Å². The van der Waals surface area contributed by atoms with E-state index in [0.29, 0.717) is 6.29 Å². The van der Waals surface area contributed by atoms with E-state index >= 15 is 0 Å². The number of hydrogen-bond donors (Lipinski definition) is 1. The van der Waals surface area contributed by atoms with Crippen LogP contribution in [0.25, 0.3) is 0 Å². The third-order valence-corrected chi connectivity index (χ3v) is 2.19. The molecule has 1 heterocycles. The number of hydrogen-bond acceptors (Lipinski definition) is 2. The summed E-state index contributed by atoms with van der Waals surface area (Å²) in [5.74, 6) is 0. The molecule has 1 rings (SSSR count). The number of rotatable bonds is 2. The maximum absolute atomic E-state index is 12.1. The van der Waals surface area contributed by atoms with Gasteiger partial charge in [-0.25, -0.2) is 8.78 Å². The summed E-state index contributed by atoms with van der Waals surface area (Å²) in [6.07, 6.45) is -2.49. The molecular formula is C7H4BrF2NO2. The van der Waals surface area contributed by atoms with E-state index in [4.69, 9.17) is 0 Å². The molecule has 6 heteroatoms. The molecule has 70 valence electrons. The summed E-state index contributed by atoms with van der Waals surface area (Å²) in [4.78, 5) is 23.4. The van der Waals surface area contributed by atoms with Gasteiger partial charge in [0.25, 0.3) is 6.43 Å². The van der Waals surface area contributed by atoms with Crippen LogP contribution in [0.2, 0.25) is 0 Å². The lowest BCUT2D eigenvalue weighted by molar-refractivity contribution is 0.111. The minimum absolute atomic E-state index is 0.0353. The predicted molar refractivity (Wildman–Crippen MR) is 45.1 cm³/mol. The van der Waals surface area contributed by atoms with Gasteiger partial charge in [0.1, 0.15) is 0 Å². The van der Waals surface area contributed by atoms with E-state index in [1.165, 1.54) is 0 Å². The topological polar surface area (TPSA) is 49.9 Å². The van der Waals surface area contributed by atoms with Crippen LogP contribution in [0.5, 0.6) is 0 Å². The number of alkyl halides is 2. The van der Waals surface area contributed by atoms with E-state index in [1.54, 1.807) is 0 Å². The molecule has 0 unspecified atom stereocenters. The Balaban J connectivity index is 3.39. The van der Waals surface area contributed by atoms with Gasteiger partial charge in [0.05, 0.1) is 15.9 Å². The second-order valence-electron chi connectivity index (χ2n) is 2.24. The van der Waals surface area contributed by atoms with Crippen LogP contribution in [-0.4, -0.2) is 11.3 Å². The summed E-state index contributed by atoms with van der Waals surface area (Å²) in [5.41, 5.74) is -1.38. The van der Waals surface area contributed by atoms with Crippen LogP contribution in [0.3, 0.4) is 0 Å². The SMILES string of the molecule is O=Cc1[nH]c(C(F)F)cc(=O)c1Br. The second-order valence-corrected chi connectivity index (χ2v) is 3.03. The summed E-state index contributed by atoms with van der Waals surface area (Å²) in [6.45, 7) is 0. The molecule has 0 aromatic carbocycles. The molecule has 13 heavy (non-hydrogen) atoms. The summed E-state index contributed by atoms with van der Waals surface area (Å²) in [7, 11) is 0. The Kier molecular flexibility index (Phi) is 2.92. The van der Waals surface area contributed by atoms with Gasteiger partial charge in [0, 0.05) is 6.07 Å². The molecule has 0 saturated heterocycles. The summed E-state index contributed by atoms with van der Waals surface area (Å²) < 4.78 is 24.2. The first-order chi connectivity index (χ1) is 6.06. The molecule has 1 aromatic heterocycles. The number of aromatic amines is 1. The minimum atomic E-state index is -2.79. The normalized spacial score (nSPS) is 10.5. The molecule has 0 aliphatic heterocycles. The van der Waals surface area contributed by atoms with E-state index in [1.807, 2.05) is 0 Å². The number of halogens is 3. The second kappa shape index (κ2) is 3.78. The maximum atomic E-state index is 12.1. The summed E-state index contributed by atoms with van der Waals surface area (Å²) in [5, 5.41) is 0. The zero-order valence-corrected chi connectivity index (χ0v) is 7.77. The lowest BCUT2D eigenvalue weighted by Gasteiger charge is -2.01. The third-order valence-electron chi connectivity index (χ3n) is 1.37. The highest BCUT2D eigenvalue weighted by atomic mass is 79.9. The molecule has 0 amide bonds. The van der Waals surface area contributed by atoms with E-state index < -0.39 is 17.5 Å². The fourth-order valence-corrected chi connectivity index (χ4v) is 1.09. The van der Waals surface area contributed by atoms with Crippen molar-refractivity contribution < 1.29 is 13.6 Å². The smallest absolute Gasteiger partial charge is 0.278 e. The van der Waals surface area contributed by atoms with Crippen molar-refractivity contribution in [3.05, 3.63) is 32.2 Å². The van der Waals surface area contributed by atoms with Gasteiger partial charge >= 0.3 is 0 Å². The first-order valence-electron chi connectivity index (χ1n) is 3.22. The number of nitrogens with one attached hydrogen (secondary N) is 1. The Morgan fingerprint density at radius 2 is 2.15 bits per heavy atom. The van der Waals surface area contributed by atoms with Crippen molar-refractivity contribution >= 4 is 22.2 Å². The highest BCUT2D eigenvalue weighted by Crippen LogP contribution is 2.17. The minimum Gasteiger partial charge on any atom is -0.350 e. The molecule has 0 fully saturated rings. The molecule has 1 N–H and O–H groups in total. The molecular weight excluding hydrogens is 248 g/mol. The molecule has 0 spiro atoms. The zero-order chi connectivity index (χ0) is 10.0. The Labute approximate surface area is 79.9 Å². The summed E-state index contributed by atoms with van der Waals surface area (Å²) in [6, 6.07) is 0.752. The monoisotopic (exact) mass is 251 g/mol. The van der Waals surface area contributed by atoms with Crippen molar-refractivity contribution in [2.75, 3.05) is 0 Å². The Morgan fingerprint density at radius 3 is 2.62 bits per heavy atom. The molecule has 1 aromatic rings. The van der Waals surface area contributed by atoms with Gasteiger partial charge in [0.15, 0.2) is 11.7 Å². The molecule has 0 saturated carbocycles. The number of aromatic nitrogens is 1. The number of carbonyl (C=O) groups is 1. The Bertz CT molecular complexity index is 389. The molecule has 3 nitrogen and oxygen atoms in total. The van der Waals surface area contributed by atoms with E-state index in [9.17, 15) is 18.4 Å². The van der Waals surface area contributed by atoms with E-state index in [-0.39, 0.29) is 10.2 Å². The van der Waals surface area contributed by atoms with Crippen LogP contribution in [-0.2, 0) is 0 Å². The van der Waals surface area contributed by atoms with Crippen LogP contribution in [0.15, 0.2) is 15.3 Å². The van der Waals surface area contributed by atoms with Gasteiger partial charge in [-0.05, 0) is 15.9 Å². The Hall–Kier alpha value is -1.04. The lowest BCUT2D eigenvalue weighted by Crippen LogP contribution is -2.09. The molecule has 0 aliphatic rings. The fraction of sp³-hybridized carbons (Fsp3) is 0.143. The van der Waals surface area contributed by atoms with Gasteiger partial charge in [-0.3, -0.25) is 9.59 Å². The van der Waals surface area contributed by atoms with E-state index in [0.717, 1.165) is 6.07 Å². The average Bonchev–Trinajstić information content (AvgIpc) is 2.09. The zero-order valence-electron chi connectivity index (χ0n) is 6.18. The van der Waals surface area contributed by atoms with Gasteiger partial charge in [-0.15, -0.1) is 0 Å². The van der Waals surface area contributed by atoms with Crippen LogP contribution in [0.4, 0.5) is 8.78 Å². The molecule has 0 radical (unpaired) electrons. The van der Waals surface area contributed by atoms with Crippen LogP contribution < -0.4 is 5.43 Å². The van der Waals surface area contributed by atoms with Crippen LogP contribution in [0, 0.1) is 0 Å². The van der Waals surface area contributed by atoms with Crippen molar-refractivity contribution in [3.8, 4) is 0 Å². The number of aldehydes is 1. The van der Waals surface area contributed by atoms with E-state index in [2.05, 4.69) is 20.9 Å². The predicted octanol–water partition coefficient (Wildman–Crippen LogP) is 1.89. The van der Waals surface area contributed by atoms with Gasteiger partial charge in [0.2, 0.25) is 0 Å². The van der Waals surface area contributed by atoms with Gasteiger partial charge in [-0.2, -0.15) is 0 Å². The highest BCUT2D eigenvalue weighted by molar-refractivity contribution is 9.10. The number of H-pyrrole nitrogens is 1. The largest absolute Gasteiger partial charge is 0.350 e. The van der Waals surface area contributed by atoms with Crippen molar-refractivity contribution in [1.82, 2.24) is 4.98 Å². The van der Waals surface area contributed by atoms with Crippen LogP contribution in [0.1, 0.15) is 22.6 Å². The lowest BCUT2D eigenvalue weighted by atomic mass is 10.3. The van der Waals surface area contributed by atoms with Crippen molar-refractivity contribution in [2.24, 2.45) is 0 Å². The maximum Gasteiger partial charge on any atom is 0.278 e.